The van der Waals surface area contributed by atoms with Gasteiger partial charge in [-0.25, -0.2) is 9.69 Å². The Kier molecular flexibility index (Phi) is 5.69. The van der Waals surface area contributed by atoms with E-state index in [0.717, 1.165) is 4.90 Å². The van der Waals surface area contributed by atoms with Crippen LogP contribution < -0.4 is 19.7 Å². The third-order valence-electron chi connectivity index (χ3n) is 4.05. The third-order valence-corrected chi connectivity index (χ3v) is 4.05. The van der Waals surface area contributed by atoms with E-state index in [1.165, 1.54) is 13.3 Å². The molecule has 0 radical (unpaired) electrons. The number of carbonyl (C=O) groups is 3. The number of para-hydroxylation sites is 2. The van der Waals surface area contributed by atoms with Gasteiger partial charge in [-0.15, -0.1) is 0 Å². The molecule has 0 saturated carbocycles. The third kappa shape index (κ3) is 3.85. The van der Waals surface area contributed by atoms with Crippen molar-refractivity contribution in [1.82, 2.24) is 5.32 Å². The van der Waals surface area contributed by atoms with Gasteiger partial charge in [-0.3, -0.25) is 19.9 Å². The molecule has 0 aliphatic carbocycles. The predicted octanol–water partition coefficient (Wildman–Crippen LogP) is 2.70. The number of hydrogen-bond donors (Lipinski definition) is 1. The van der Waals surface area contributed by atoms with Crippen LogP contribution in [0.1, 0.15) is 6.92 Å². The quantitative estimate of drug-likeness (QED) is 0.613. The van der Waals surface area contributed by atoms with E-state index >= 15 is 0 Å². The highest BCUT2D eigenvalue weighted by Gasteiger charge is 2.41. The second-order valence-electron chi connectivity index (χ2n) is 5.82. The number of ether oxygens (including phenoxy) is 2. The number of imide groups is 2. The second-order valence-corrected chi connectivity index (χ2v) is 5.82. The first-order valence-electron chi connectivity index (χ1n) is 8.64. The fourth-order valence-corrected chi connectivity index (χ4v) is 2.72. The highest BCUT2D eigenvalue weighted by molar-refractivity contribution is 6.33. The number of amides is 4. The molecule has 144 valence electrons. The van der Waals surface area contributed by atoms with Crippen molar-refractivity contribution in [3.8, 4) is 11.5 Å². The minimum atomic E-state index is -1.24. The Morgan fingerprint density at radius 3 is 2.50 bits per heavy atom. The van der Waals surface area contributed by atoms with Crippen LogP contribution in [0, 0.1) is 5.92 Å². The molecule has 1 fully saturated rings. The minimum Gasteiger partial charge on any atom is -0.495 e. The van der Waals surface area contributed by atoms with E-state index in [1.807, 2.05) is 6.92 Å². The molecule has 1 heterocycles. The molecule has 1 N–H and O–H groups in total. The van der Waals surface area contributed by atoms with E-state index in [2.05, 4.69) is 10.3 Å². The Morgan fingerprint density at radius 1 is 1.11 bits per heavy atom. The molecule has 4 amide bonds. The number of hydrogen-bond acceptors (Lipinski definition) is 6. The molecule has 0 unspecified atom stereocenters. The molecule has 8 nitrogen and oxygen atoms in total. The molecule has 28 heavy (non-hydrogen) atoms. The standard InChI is InChI=1S/C20H19N3O5/c1-3-28-14-10-8-13(9-11-14)21-12-15-18(24)22-20(26)23(19(15)25)16-6-4-5-7-17(16)27-2/h4-12,15H,3H2,1-2H3,(H,22,24,26)/t15-/m0/s1. The maximum atomic E-state index is 12.9. The number of urea groups is 1. The number of carbonyl (C=O) groups excluding carboxylic acids is 3. The van der Waals surface area contributed by atoms with Gasteiger partial charge in [0.2, 0.25) is 5.91 Å². The molecule has 0 aromatic heterocycles. The number of rotatable bonds is 6. The lowest BCUT2D eigenvalue weighted by Gasteiger charge is -2.29. The van der Waals surface area contributed by atoms with Gasteiger partial charge in [0.15, 0.2) is 5.92 Å². The summed E-state index contributed by atoms with van der Waals surface area (Å²) in [5.74, 6) is -1.64. The molecule has 3 rings (SSSR count). The highest BCUT2D eigenvalue weighted by Crippen LogP contribution is 2.30. The van der Waals surface area contributed by atoms with E-state index < -0.39 is 23.8 Å². The van der Waals surface area contributed by atoms with Gasteiger partial charge in [0.25, 0.3) is 5.91 Å². The van der Waals surface area contributed by atoms with Crippen LogP contribution in [0.2, 0.25) is 0 Å². The Labute approximate surface area is 161 Å². The molecular weight excluding hydrogens is 362 g/mol. The normalized spacial score (nSPS) is 17.0. The Bertz CT molecular complexity index is 924. The molecule has 1 saturated heterocycles. The monoisotopic (exact) mass is 381 g/mol. The topological polar surface area (TPSA) is 97.3 Å². The van der Waals surface area contributed by atoms with Crippen LogP contribution >= 0.6 is 0 Å². The molecule has 0 bridgehead atoms. The molecule has 8 heteroatoms. The van der Waals surface area contributed by atoms with E-state index in [1.54, 1.807) is 48.5 Å². The highest BCUT2D eigenvalue weighted by atomic mass is 16.5. The van der Waals surface area contributed by atoms with Crippen LogP contribution in [0.5, 0.6) is 11.5 Å². The Hall–Kier alpha value is -3.68. The largest absolute Gasteiger partial charge is 0.495 e. The Morgan fingerprint density at radius 2 is 1.82 bits per heavy atom. The zero-order valence-corrected chi connectivity index (χ0v) is 15.4. The van der Waals surface area contributed by atoms with Crippen LogP contribution in [0.4, 0.5) is 16.2 Å². The molecule has 2 aromatic rings. The van der Waals surface area contributed by atoms with Gasteiger partial charge in [-0.1, -0.05) is 12.1 Å². The molecule has 1 aliphatic heterocycles. The van der Waals surface area contributed by atoms with Crippen LogP contribution in [-0.2, 0) is 9.59 Å². The zero-order valence-electron chi connectivity index (χ0n) is 15.4. The number of nitrogens with zero attached hydrogens (tertiary/aromatic N) is 2. The van der Waals surface area contributed by atoms with Crippen molar-refractivity contribution < 1.29 is 23.9 Å². The summed E-state index contributed by atoms with van der Waals surface area (Å²) in [5, 5.41) is 2.18. The van der Waals surface area contributed by atoms with Crippen molar-refractivity contribution in [3.05, 3.63) is 48.5 Å². The van der Waals surface area contributed by atoms with Crippen molar-refractivity contribution in [2.45, 2.75) is 6.92 Å². The van der Waals surface area contributed by atoms with Gasteiger partial charge in [0.05, 0.1) is 25.1 Å². The van der Waals surface area contributed by atoms with Crippen molar-refractivity contribution >= 4 is 35.4 Å². The molecule has 1 aliphatic rings. The second kappa shape index (κ2) is 8.34. The molecule has 2 aromatic carbocycles. The lowest BCUT2D eigenvalue weighted by Crippen LogP contribution is -2.58. The van der Waals surface area contributed by atoms with Gasteiger partial charge < -0.3 is 9.47 Å². The van der Waals surface area contributed by atoms with Gasteiger partial charge in [0.1, 0.15) is 11.5 Å². The lowest BCUT2D eigenvalue weighted by atomic mass is 10.1. The molecular formula is C20H19N3O5. The van der Waals surface area contributed by atoms with Gasteiger partial charge in [0, 0.05) is 6.21 Å². The van der Waals surface area contributed by atoms with Crippen LogP contribution in [-0.4, -0.2) is 37.8 Å². The average molecular weight is 381 g/mol. The summed E-state index contributed by atoms with van der Waals surface area (Å²) in [6.45, 7) is 2.43. The fourth-order valence-electron chi connectivity index (χ4n) is 2.72. The van der Waals surface area contributed by atoms with Crippen LogP contribution in [0.3, 0.4) is 0 Å². The summed E-state index contributed by atoms with van der Waals surface area (Å²) >= 11 is 0. The maximum absolute atomic E-state index is 12.9. The van der Waals surface area contributed by atoms with E-state index in [-0.39, 0.29) is 5.69 Å². The number of methoxy groups -OCH3 is 1. The summed E-state index contributed by atoms with van der Waals surface area (Å²) in [5.41, 5.74) is 0.796. The number of aliphatic imine (C=N–C) groups is 1. The summed E-state index contributed by atoms with van der Waals surface area (Å²) in [7, 11) is 1.43. The van der Waals surface area contributed by atoms with Crippen molar-refractivity contribution in [2.75, 3.05) is 18.6 Å². The molecule has 0 spiro atoms. The van der Waals surface area contributed by atoms with Crippen molar-refractivity contribution in [1.29, 1.82) is 0 Å². The van der Waals surface area contributed by atoms with E-state index in [0.29, 0.717) is 23.8 Å². The number of barbiturate groups is 1. The van der Waals surface area contributed by atoms with Crippen molar-refractivity contribution in [3.63, 3.8) is 0 Å². The first kappa shape index (κ1) is 19.1. The number of nitrogens with one attached hydrogen (secondary N) is 1. The summed E-state index contributed by atoms with van der Waals surface area (Å²) in [6.07, 6.45) is 1.22. The fraction of sp³-hybridized carbons (Fsp3) is 0.200. The van der Waals surface area contributed by atoms with Gasteiger partial charge in [-0.05, 0) is 43.3 Å². The predicted molar refractivity (Wildman–Crippen MR) is 103 cm³/mol. The van der Waals surface area contributed by atoms with Crippen LogP contribution in [0.25, 0.3) is 0 Å². The first-order valence-corrected chi connectivity index (χ1v) is 8.64. The maximum Gasteiger partial charge on any atom is 0.335 e. The minimum absolute atomic E-state index is 0.250. The average Bonchev–Trinajstić information content (AvgIpc) is 2.69. The van der Waals surface area contributed by atoms with Crippen molar-refractivity contribution in [2.24, 2.45) is 10.9 Å². The zero-order chi connectivity index (χ0) is 20.1. The first-order chi connectivity index (χ1) is 13.5. The van der Waals surface area contributed by atoms with E-state index in [9.17, 15) is 14.4 Å². The number of anilines is 1. The van der Waals surface area contributed by atoms with Gasteiger partial charge in [-0.2, -0.15) is 0 Å². The summed E-state index contributed by atoms with van der Waals surface area (Å²) in [4.78, 5) is 42.4. The smallest absolute Gasteiger partial charge is 0.335 e. The number of benzene rings is 2. The summed E-state index contributed by atoms with van der Waals surface area (Å²) in [6, 6.07) is 12.6. The molecule has 1 atom stereocenters. The van der Waals surface area contributed by atoms with Crippen LogP contribution in [0.15, 0.2) is 53.5 Å². The van der Waals surface area contributed by atoms with Gasteiger partial charge >= 0.3 is 6.03 Å². The Balaban J connectivity index is 1.85. The SMILES string of the molecule is CCOc1ccc(N=C[C@H]2C(=O)NC(=O)N(c3ccccc3OC)C2=O)cc1. The van der Waals surface area contributed by atoms with E-state index in [4.69, 9.17) is 9.47 Å². The summed E-state index contributed by atoms with van der Waals surface area (Å²) < 4.78 is 10.6. The lowest BCUT2D eigenvalue weighted by molar-refractivity contribution is -0.131.